The molecule has 1 aromatic rings. The molecule has 0 amide bonds. The van der Waals surface area contributed by atoms with Gasteiger partial charge < -0.3 is 10.2 Å². The number of hydrogen-bond acceptors (Lipinski definition) is 2. The van der Waals surface area contributed by atoms with Crippen molar-refractivity contribution >= 4 is 5.97 Å². The van der Waals surface area contributed by atoms with Crippen molar-refractivity contribution in [2.24, 2.45) is 5.41 Å². The fourth-order valence-corrected chi connectivity index (χ4v) is 1.28. The highest BCUT2D eigenvalue weighted by Gasteiger charge is 2.30. The Morgan fingerprint density at radius 3 is 2.38 bits per heavy atom. The summed E-state index contributed by atoms with van der Waals surface area (Å²) in [6.07, 6.45) is -0.208. The summed E-state index contributed by atoms with van der Waals surface area (Å²) in [6, 6.07) is 1.38. The maximum absolute atomic E-state index is 13.3. The zero-order chi connectivity index (χ0) is 12.5. The fourth-order valence-electron chi connectivity index (χ4n) is 1.28. The van der Waals surface area contributed by atoms with Crippen LogP contribution >= 0.6 is 0 Å². The van der Waals surface area contributed by atoms with Gasteiger partial charge in [0.05, 0.1) is 5.41 Å². The molecule has 0 saturated carbocycles. The van der Waals surface area contributed by atoms with Gasteiger partial charge in [-0.1, -0.05) is 0 Å². The van der Waals surface area contributed by atoms with E-state index in [2.05, 4.69) is 0 Å². The van der Waals surface area contributed by atoms with Crippen LogP contribution in [0.4, 0.5) is 8.78 Å². The van der Waals surface area contributed by atoms with Gasteiger partial charge in [-0.25, -0.2) is 8.78 Å². The van der Waals surface area contributed by atoms with Gasteiger partial charge in [0.25, 0.3) is 0 Å². The number of carbonyl (C=O) groups is 1. The van der Waals surface area contributed by atoms with Crippen LogP contribution in [0.25, 0.3) is 0 Å². The van der Waals surface area contributed by atoms with Crippen LogP contribution in [-0.2, 0) is 11.2 Å². The molecule has 0 spiro atoms. The Morgan fingerprint density at radius 2 is 1.94 bits per heavy atom. The molecular weight excluding hydrogens is 218 g/mol. The normalized spacial score (nSPS) is 11.5. The first-order valence-electron chi connectivity index (χ1n) is 4.64. The minimum Gasteiger partial charge on any atom is -0.507 e. The summed E-state index contributed by atoms with van der Waals surface area (Å²) < 4.78 is 26.0. The Hall–Kier alpha value is -1.65. The van der Waals surface area contributed by atoms with E-state index in [9.17, 15) is 18.7 Å². The van der Waals surface area contributed by atoms with Crippen LogP contribution in [0.3, 0.4) is 0 Å². The smallest absolute Gasteiger partial charge is 0.309 e. The van der Waals surface area contributed by atoms with Crippen molar-refractivity contribution < 1.29 is 23.8 Å². The van der Waals surface area contributed by atoms with Gasteiger partial charge in [-0.3, -0.25) is 4.79 Å². The minimum absolute atomic E-state index is 0.186. The van der Waals surface area contributed by atoms with E-state index in [-0.39, 0.29) is 12.0 Å². The minimum atomic E-state index is -1.23. The number of aromatic hydroxyl groups is 1. The third-order valence-electron chi connectivity index (χ3n) is 2.33. The molecule has 0 radical (unpaired) electrons. The summed E-state index contributed by atoms with van der Waals surface area (Å²) in [5.41, 5.74) is -1.41. The predicted octanol–water partition coefficient (Wildman–Crippen LogP) is 2.32. The van der Waals surface area contributed by atoms with Gasteiger partial charge in [0, 0.05) is 17.7 Å². The molecule has 1 aromatic carbocycles. The van der Waals surface area contributed by atoms with Crippen LogP contribution in [0.1, 0.15) is 19.4 Å². The maximum Gasteiger partial charge on any atom is 0.309 e. The monoisotopic (exact) mass is 230 g/mol. The van der Waals surface area contributed by atoms with Crippen LogP contribution in [0.5, 0.6) is 5.75 Å². The molecule has 0 aliphatic rings. The summed E-state index contributed by atoms with van der Waals surface area (Å²) >= 11 is 0. The number of carboxylic acid groups (broad SMARTS) is 1. The van der Waals surface area contributed by atoms with Crippen molar-refractivity contribution in [2.45, 2.75) is 20.3 Å². The molecule has 0 heterocycles. The number of benzene rings is 1. The van der Waals surface area contributed by atoms with Crippen LogP contribution in [0, 0.1) is 17.0 Å². The lowest BCUT2D eigenvalue weighted by atomic mass is 9.85. The molecule has 0 bridgehead atoms. The van der Waals surface area contributed by atoms with Crippen molar-refractivity contribution in [2.75, 3.05) is 0 Å². The Bertz CT molecular complexity index is 404. The molecule has 16 heavy (non-hydrogen) atoms. The number of carboxylic acids is 1. The quantitative estimate of drug-likeness (QED) is 0.837. The summed E-state index contributed by atoms with van der Waals surface area (Å²) in [5, 5.41) is 18.2. The first-order chi connectivity index (χ1) is 7.24. The van der Waals surface area contributed by atoms with Crippen molar-refractivity contribution in [3.8, 4) is 5.75 Å². The number of hydrogen-bond donors (Lipinski definition) is 2. The molecule has 5 heteroatoms. The standard InChI is InChI=1S/C11H12F2O3/c1-11(2,10(15)16)5-7-8(13)3-6(12)4-9(7)14/h3-4,14H,5H2,1-2H3,(H,15,16). The molecule has 0 aliphatic carbocycles. The average molecular weight is 230 g/mol. The van der Waals surface area contributed by atoms with E-state index in [4.69, 9.17) is 5.11 Å². The first kappa shape index (κ1) is 12.4. The second-order valence-electron chi connectivity index (χ2n) is 4.25. The van der Waals surface area contributed by atoms with Crippen LogP contribution in [-0.4, -0.2) is 16.2 Å². The highest BCUT2D eigenvalue weighted by molar-refractivity contribution is 5.74. The Labute approximate surface area is 91.3 Å². The van der Waals surface area contributed by atoms with E-state index in [1.54, 1.807) is 0 Å². The number of phenolic OH excluding ortho intramolecular Hbond substituents is 1. The molecule has 0 saturated heterocycles. The Balaban J connectivity index is 3.11. The van der Waals surface area contributed by atoms with Crippen LogP contribution < -0.4 is 0 Å². The van der Waals surface area contributed by atoms with Gasteiger partial charge in [-0.05, 0) is 20.3 Å². The molecule has 3 nitrogen and oxygen atoms in total. The topological polar surface area (TPSA) is 57.5 Å². The first-order valence-corrected chi connectivity index (χ1v) is 4.64. The van der Waals surface area contributed by atoms with Gasteiger partial charge in [-0.2, -0.15) is 0 Å². The molecule has 1 rings (SSSR count). The summed E-state index contributed by atoms with van der Waals surface area (Å²) in [5.74, 6) is -3.51. The Kier molecular flexibility index (Phi) is 3.16. The fraction of sp³-hybridized carbons (Fsp3) is 0.364. The molecule has 88 valence electrons. The van der Waals surface area contributed by atoms with E-state index in [1.165, 1.54) is 13.8 Å². The second kappa shape index (κ2) is 4.08. The lowest BCUT2D eigenvalue weighted by molar-refractivity contribution is -0.146. The van der Waals surface area contributed by atoms with E-state index in [0.29, 0.717) is 6.07 Å². The summed E-state index contributed by atoms with van der Waals surface area (Å²) in [6.45, 7) is 2.80. The van der Waals surface area contributed by atoms with E-state index >= 15 is 0 Å². The lowest BCUT2D eigenvalue weighted by Crippen LogP contribution is -2.26. The highest BCUT2D eigenvalue weighted by Crippen LogP contribution is 2.30. The molecule has 0 atom stereocenters. The van der Waals surface area contributed by atoms with Gasteiger partial charge in [0.1, 0.15) is 17.4 Å². The number of rotatable bonds is 3. The Morgan fingerprint density at radius 1 is 1.38 bits per heavy atom. The molecule has 0 fully saturated rings. The largest absolute Gasteiger partial charge is 0.507 e. The summed E-state index contributed by atoms with van der Waals surface area (Å²) in [7, 11) is 0. The molecule has 0 aromatic heterocycles. The molecular formula is C11H12F2O3. The highest BCUT2D eigenvalue weighted by atomic mass is 19.1. The number of aliphatic carboxylic acids is 1. The second-order valence-corrected chi connectivity index (χ2v) is 4.25. The molecule has 0 unspecified atom stereocenters. The molecule has 0 aliphatic heterocycles. The maximum atomic E-state index is 13.3. The van der Waals surface area contributed by atoms with E-state index in [0.717, 1.165) is 6.07 Å². The lowest BCUT2D eigenvalue weighted by Gasteiger charge is -2.19. The van der Waals surface area contributed by atoms with Crippen molar-refractivity contribution in [3.05, 3.63) is 29.3 Å². The van der Waals surface area contributed by atoms with Crippen LogP contribution in [0.15, 0.2) is 12.1 Å². The average Bonchev–Trinajstić information content (AvgIpc) is 2.11. The van der Waals surface area contributed by atoms with Crippen LogP contribution in [0.2, 0.25) is 0 Å². The van der Waals surface area contributed by atoms with E-state index in [1.807, 2.05) is 0 Å². The predicted molar refractivity (Wildman–Crippen MR) is 53.1 cm³/mol. The zero-order valence-corrected chi connectivity index (χ0v) is 8.92. The molecule has 2 N–H and O–H groups in total. The van der Waals surface area contributed by atoms with Crippen molar-refractivity contribution in [1.82, 2.24) is 0 Å². The van der Waals surface area contributed by atoms with Gasteiger partial charge in [-0.15, -0.1) is 0 Å². The van der Waals surface area contributed by atoms with E-state index < -0.39 is 28.8 Å². The van der Waals surface area contributed by atoms with Crippen molar-refractivity contribution in [1.29, 1.82) is 0 Å². The third-order valence-corrected chi connectivity index (χ3v) is 2.33. The third kappa shape index (κ3) is 2.48. The summed E-state index contributed by atoms with van der Waals surface area (Å²) in [4.78, 5) is 10.8. The zero-order valence-electron chi connectivity index (χ0n) is 8.92. The number of phenols is 1. The van der Waals surface area contributed by atoms with Crippen molar-refractivity contribution in [3.63, 3.8) is 0 Å². The number of halogens is 2. The van der Waals surface area contributed by atoms with Gasteiger partial charge >= 0.3 is 5.97 Å². The van der Waals surface area contributed by atoms with Gasteiger partial charge in [0.2, 0.25) is 0 Å². The van der Waals surface area contributed by atoms with Gasteiger partial charge in [0.15, 0.2) is 0 Å². The SMILES string of the molecule is CC(C)(Cc1c(O)cc(F)cc1F)C(=O)O.